The number of carbonyl (C=O) groups is 1. The van der Waals surface area contributed by atoms with Crippen molar-refractivity contribution < 1.29 is 9.53 Å². The van der Waals surface area contributed by atoms with Gasteiger partial charge in [0, 0.05) is 10.3 Å². The average Bonchev–Trinajstić information content (AvgIpc) is 2.89. The Morgan fingerprint density at radius 3 is 2.74 bits per heavy atom. The standard InChI is InChI=1S/C15H18ClN3O2S2/c1-8(2)22-15-19-18-14(23-15)17-13(20)10(4)21-11-5-6-12(16)9(3)7-11/h5-8,10H,1-4H3,(H,17,18,20)/t10-/m1/s1. The van der Waals surface area contributed by atoms with Crippen LogP contribution in [0.4, 0.5) is 5.13 Å². The van der Waals surface area contributed by atoms with Gasteiger partial charge in [0.2, 0.25) is 5.13 Å². The van der Waals surface area contributed by atoms with Gasteiger partial charge in [-0.3, -0.25) is 10.1 Å². The fraction of sp³-hybridized carbons (Fsp3) is 0.400. The monoisotopic (exact) mass is 371 g/mol. The molecular weight excluding hydrogens is 354 g/mol. The van der Waals surface area contributed by atoms with Gasteiger partial charge in [0.05, 0.1) is 0 Å². The Balaban J connectivity index is 1.94. The zero-order valence-corrected chi connectivity index (χ0v) is 15.7. The number of thioether (sulfide) groups is 1. The van der Waals surface area contributed by atoms with Crippen molar-refractivity contribution in [2.45, 2.75) is 43.4 Å². The molecule has 23 heavy (non-hydrogen) atoms. The van der Waals surface area contributed by atoms with E-state index in [-0.39, 0.29) is 5.91 Å². The maximum atomic E-state index is 12.2. The number of carbonyl (C=O) groups excluding carboxylic acids is 1. The van der Waals surface area contributed by atoms with Gasteiger partial charge in [-0.15, -0.1) is 10.2 Å². The summed E-state index contributed by atoms with van der Waals surface area (Å²) in [7, 11) is 0. The van der Waals surface area contributed by atoms with Crippen molar-refractivity contribution in [2.24, 2.45) is 0 Å². The van der Waals surface area contributed by atoms with Gasteiger partial charge in [0.15, 0.2) is 10.4 Å². The molecule has 0 spiro atoms. The largest absolute Gasteiger partial charge is 0.481 e. The number of halogens is 1. The number of benzene rings is 1. The van der Waals surface area contributed by atoms with Crippen molar-refractivity contribution in [3.8, 4) is 5.75 Å². The van der Waals surface area contributed by atoms with Crippen LogP contribution in [-0.2, 0) is 4.79 Å². The minimum atomic E-state index is -0.652. The third-order valence-corrected chi connectivity index (χ3v) is 5.14. The molecule has 8 heteroatoms. The predicted octanol–water partition coefficient (Wildman–Crippen LogP) is 4.41. The molecule has 1 aromatic heterocycles. The zero-order valence-electron chi connectivity index (χ0n) is 13.3. The van der Waals surface area contributed by atoms with Crippen LogP contribution in [0.5, 0.6) is 5.75 Å². The van der Waals surface area contributed by atoms with Gasteiger partial charge >= 0.3 is 0 Å². The van der Waals surface area contributed by atoms with Crippen molar-refractivity contribution in [2.75, 3.05) is 5.32 Å². The molecule has 0 radical (unpaired) electrons. The van der Waals surface area contributed by atoms with Crippen molar-refractivity contribution in [3.05, 3.63) is 28.8 Å². The molecule has 0 saturated heterocycles. The predicted molar refractivity (Wildman–Crippen MR) is 95.8 cm³/mol. The van der Waals surface area contributed by atoms with Gasteiger partial charge < -0.3 is 4.74 Å². The van der Waals surface area contributed by atoms with Crippen LogP contribution in [0.25, 0.3) is 0 Å². The number of nitrogens with zero attached hydrogens (tertiary/aromatic N) is 2. The zero-order chi connectivity index (χ0) is 17.0. The topological polar surface area (TPSA) is 64.1 Å². The molecule has 2 aromatic rings. The first kappa shape index (κ1) is 18.0. The third kappa shape index (κ3) is 5.37. The van der Waals surface area contributed by atoms with Crippen LogP contribution in [0, 0.1) is 6.92 Å². The van der Waals surface area contributed by atoms with E-state index in [1.807, 2.05) is 6.92 Å². The van der Waals surface area contributed by atoms with Crippen LogP contribution >= 0.6 is 34.7 Å². The fourth-order valence-electron chi connectivity index (χ4n) is 1.66. The van der Waals surface area contributed by atoms with Gasteiger partial charge in [-0.05, 0) is 37.6 Å². The number of aromatic nitrogens is 2. The number of hydrogen-bond acceptors (Lipinski definition) is 6. The van der Waals surface area contributed by atoms with Crippen LogP contribution in [-0.4, -0.2) is 27.5 Å². The molecule has 0 unspecified atom stereocenters. The number of ether oxygens (including phenoxy) is 1. The van der Waals surface area contributed by atoms with Gasteiger partial charge in [0.25, 0.3) is 5.91 Å². The molecule has 0 saturated carbocycles. The van der Waals surface area contributed by atoms with E-state index >= 15 is 0 Å². The van der Waals surface area contributed by atoms with E-state index in [0.29, 0.717) is 21.2 Å². The summed E-state index contributed by atoms with van der Waals surface area (Å²) in [6, 6.07) is 5.28. The molecule has 0 aliphatic carbocycles. The number of amides is 1. The summed E-state index contributed by atoms with van der Waals surface area (Å²) in [5.41, 5.74) is 0.899. The van der Waals surface area contributed by atoms with E-state index < -0.39 is 6.10 Å². The summed E-state index contributed by atoms with van der Waals surface area (Å²) in [6.07, 6.45) is -0.652. The maximum absolute atomic E-state index is 12.2. The van der Waals surface area contributed by atoms with E-state index in [0.717, 1.165) is 9.90 Å². The molecule has 1 atom stereocenters. The summed E-state index contributed by atoms with van der Waals surface area (Å²) < 4.78 is 6.47. The van der Waals surface area contributed by atoms with Crippen LogP contribution in [0.1, 0.15) is 26.3 Å². The summed E-state index contributed by atoms with van der Waals surface area (Å²) in [6.45, 7) is 7.72. The fourth-order valence-corrected chi connectivity index (χ4v) is 3.76. The number of anilines is 1. The Morgan fingerprint density at radius 1 is 1.35 bits per heavy atom. The second-order valence-corrected chi connectivity index (χ2v) is 8.41. The lowest BCUT2D eigenvalue weighted by molar-refractivity contribution is -0.122. The molecule has 1 heterocycles. The Labute approximate surface area is 148 Å². The highest BCUT2D eigenvalue weighted by atomic mass is 35.5. The molecule has 1 N–H and O–H groups in total. The molecule has 124 valence electrons. The van der Waals surface area contributed by atoms with Crippen LogP contribution in [0.2, 0.25) is 5.02 Å². The minimum absolute atomic E-state index is 0.269. The van der Waals surface area contributed by atoms with Gasteiger partial charge in [0.1, 0.15) is 5.75 Å². The van der Waals surface area contributed by atoms with Gasteiger partial charge in [-0.2, -0.15) is 0 Å². The Bertz CT molecular complexity index is 691. The third-order valence-electron chi connectivity index (χ3n) is 2.78. The lowest BCUT2D eigenvalue weighted by Gasteiger charge is -2.14. The van der Waals surface area contributed by atoms with E-state index in [1.165, 1.54) is 11.3 Å². The second kappa shape index (κ2) is 7.99. The number of rotatable bonds is 6. The van der Waals surface area contributed by atoms with Crippen molar-refractivity contribution in [1.29, 1.82) is 0 Å². The molecule has 5 nitrogen and oxygen atoms in total. The van der Waals surface area contributed by atoms with E-state index in [9.17, 15) is 4.79 Å². The first-order valence-electron chi connectivity index (χ1n) is 7.09. The SMILES string of the molecule is Cc1cc(O[C@H](C)C(=O)Nc2nnc(SC(C)C)s2)ccc1Cl. The lowest BCUT2D eigenvalue weighted by atomic mass is 10.2. The normalized spacial score (nSPS) is 12.3. The summed E-state index contributed by atoms with van der Waals surface area (Å²) in [4.78, 5) is 12.2. The molecule has 1 aromatic carbocycles. The maximum Gasteiger partial charge on any atom is 0.266 e. The van der Waals surface area contributed by atoms with Gasteiger partial charge in [-0.25, -0.2) is 0 Å². The Hall–Kier alpha value is -1.31. The van der Waals surface area contributed by atoms with Crippen LogP contribution in [0.15, 0.2) is 22.5 Å². The lowest BCUT2D eigenvalue weighted by Crippen LogP contribution is -2.30. The molecular formula is C15H18ClN3O2S2. The highest BCUT2D eigenvalue weighted by Gasteiger charge is 2.17. The van der Waals surface area contributed by atoms with Gasteiger partial charge in [-0.1, -0.05) is 48.5 Å². The molecule has 0 aliphatic heterocycles. The highest BCUT2D eigenvalue weighted by Crippen LogP contribution is 2.28. The second-order valence-electron chi connectivity index (χ2n) is 5.20. The first-order chi connectivity index (χ1) is 10.8. The molecule has 0 aliphatic rings. The van der Waals surface area contributed by atoms with E-state index in [1.54, 1.807) is 36.9 Å². The van der Waals surface area contributed by atoms with Crippen molar-refractivity contribution >= 4 is 45.7 Å². The molecule has 0 fully saturated rings. The summed E-state index contributed by atoms with van der Waals surface area (Å²) in [5, 5.41) is 12.3. The summed E-state index contributed by atoms with van der Waals surface area (Å²) in [5.74, 6) is 0.331. The Kier molecular flexibility index (Phi) is 6.26. The first-order valence-corrected chi connectivity index (χ1v) is 9.16. The van der Waals surface area contributed by atoms with Crippen molar-refractivity contribution in [3.63, 3.8) is 0 Å². The molecule has 1 amide bonds. The van der Waals surface area contributed by atoms with Crippen LogP contribution < -0.4 is 10.1 Å². The van der Waals surface area contributed by atoms with Crippen molar-refractivity contribution in [1.82, 2.24) is 10.2 Å². The highest BCUT2D eigenvalue weighted by molar-refractivity contribution is 8.01. The Morgan fingerprint density at radius 2 is 2.09 bits per heavy atom. The van der Waals surface area contributed by atoms with E-state index in [2.05, 4.69) is 29.4 Å². The molecule has 0 bridgehead atoms. The smallest absolute Gasteiger partial charge is 0.266 e. The number of nitrogens with one attached hydrogen (secondary N) is 1. The van der Waals surface area contributed by atoms with Crippen LogP contribution in [0.3, 0.4) is 0 Å². The molecule has 2 rings (SSSR count). The quantitative estimate of drug-likeness (QED) is 0.602. The summed E-state index contributed by atoms with van der Waals surface area (Å²) >= 11 is 8.94. The minimum Gasteiger partial charge on any atom is -0.481 e. The van der Waals surface area contributed by atoms with E-state index in [4.69, 9.17) is 16.3 Å². The average molecular weight is 372 g/mol. The number of hydrogen-bond donors (Lipinski definition) is 1. The number of aryl methyl sites for hydroxylation is 1.